The van der Waals surface area contributed by atoms with Crippen molar-refractivity contribution in [1.29, 1.82) is 0 Å². The highest BCUT2D eigenvalue weighted by Crippen LogP contribution is 2.31. The Morgan fingerprint density at radius 3 is 2.17 bits per heavy atom. The quantitative estimate of drug-likeness (QED) is 0.268. The van der Waals surface area contributed by atoms with Gasteiger partial charge in [-0.2, -0.15) is 8.42 Å². The van der Waals surface area contributed by atoms with Gasteiger partial charge in [0, 0.05) is 11.7 Å². The van der Waals surface area contributed by atoms with Gasteiger partial charge in [-0.25, -0.2) is 0 Å². The summed E-state index contributed by atoms with van der Waals surface area (Å²) in [6.07, 6.45) is 0.804. The number of benzene rings is 4. The average Bonchev–Trinajstić information content (AvgIpc) is 3.32. The number of aryl methyl sites for hydroxylation is 1. The predicted molar refractivity (Wildman–Crippen MR) is 142 cm³/mol. The molecule has 0 aliphatic rings. The number of aromatic nitrogens is 1. The van der Waals surface area contributed by atoms with Crippen LogP contribution in [-0.4, -0.2) is 30.8 Å². The lowest BCUT2D eigenvalue weighted by Gasteiger charge is -2.26. The van der Waals surface area contributed by atoms with Crippen LogP contribution in [-0.2, 0) is 14.3 Å². The number of hydrogen-bond acceptors (Lipinski definition) is 4. The first-order valence-corrected chi connectivity index (χ1v) is 13.2. The zero-order valence-corrected chi connectivity index (χ0v) is 20.7. The van der Waals surface area contributed by atoms with Crippen molar-refractivity contribution in [2.24, 2.45) is 0 Å². The Balaban J connectivity index is 1.50. The molecule has 1 aromatic heterocycles. The fourth-order valence-electron chi connectivity index (χ4n) is 4.44. The first-order valence-electron chi connectivity index (χ1n) is 11.8. The molecule has 0 fully saturated rings. The first kappa shape index (κ1) is 24.0. The molecule has 0 aliphatic heterocycles. The van der Waals surface area contributed by atoms with Crippen LogP contribution in [0.25, 0.3) is 22.0 Å². The van der Waals surface area contributed by atoms with Gasteiger partial charge in [0.2, 0.25) is 0 Å². The van der Waals surface area contributed by atoms with E-state index in [0.29, 0.717) is 0 Å². The third-order valence-electron chi connectivity index (χ3n) is 6.34. The lowest BCUT2D eigenvalue weighted by molar-refractivity contribution is 0.0785. The zero-order valence-electron chi connectivity index (χ0n) is 19.9. The molecule has 5 nitrogen and oxygen atoms in total. The molecule has 0 spiro atoms. The summed E-state index contributed by atoms with van der Waals surface area (Å²) >= 11 is 0. The summed E-state index contributed by atoms with van der Waals surface area (Å²) in [5.74, 6) is 0. The van der Waals surface area contributed by atoms with Crippen molar-refractivity contribution in [3.63, 3.8) is 0 Å². The number of aliphatic hydroxyl groups excluding tert-OH is 1. The average molecular weight is 498 g/mol. The summed E-state index contributed by atoms with van der Waals surface area (Å²) in [4.78, 5) is 0.0653. The van der Waals surface area contributed by atoms with Gasteiger partial charge in [0.25, 0.3) is 10.1 Å². The van der Waals surface area contributed by atoms with E-state index in [1.165, 1.54) is 12.1 Å². The molecule has 1 heterocycles. The van der Waals surface area contributed by atoms with Crippen molar-refractivity contribution in [2.45, 2.75) is 24.0 Å². The zero-order chi connectivity index (χ0) is 25.1. The molecule has 0 saturated carbocycles. The molecule has 5 aromatic rings. The van der Waals surface area contributed by atoms with Crippen molar-refractivity contribution in [1.82, 2.24) is 4.57 Å². The SMILES string of the molecule is Cc1ccc(S(=O)(=O)OCC(O)C(c2ccccc2)n2ccc3ccc(-c4ccccc4)cc32)cc1. The van der Waals surface area contributed by atoms with Gasteiger partial charge >= 0.3 is 0 Å². The Labute approximate surface area is 211 Å². The normalized spacial score (nSPS) is 13.5. The lowest BCUT2D eigenvalue weighted by Crippen LogP contribution is -2.30. The molecule has 0 amide bonds. The van der Waals surface area contributed by atoms with E-state index < -0.39 is 22.3 Å². The van der Waals surface area contributed by atoms with Gasteiger partial charge < -0.3 is 9.67 Å². The predicted octanol–water partition coefficient (Wildman–Crippen LogP) is 5.97. The Morgan fingerprint density at radius 1 is 0.806 bits per heavy atom. The summed E-state index contributed by atoms with van der Waals surface area (Å²) in [7, 11) is -4.01. The lowest BCUT2D eigenvalue weighted by atomic mass is 10.0. The van der Waals surface area contributed by atoms with Crippen molar-refractivity contribution in [2.75, 3.05) is 6.61 Å². The second-order valence-corrected chi connectivity index (χ2v) is 10.5. The minimum Gasteiger partial charge on any atom is -0.388 e. The largest absolute Gasteiger partial charge is 0.388 e. The van der Waals surface area contributed by atoms with Crippen molar-refractivity contribution >= 4 is 21.0 Å². The molecular formula is C30H27NO4S. The monoisotopic (exact) mass is 497 g/mol. The van der Waals surface area contributed by atoms with Crippen LogP contribution >= 0.6 is 0 Å². The van der Waals surface area contributed by atoms with Gasteiger partial charge in [0.05, 0.1) is 17.5 Å². The highest BCUT2D eigenvalue weighted by Gasteiger charge is 2.27. The Hall–Kier alpha value is -3.71. The maximum Gasteiger partial charge on any atom is 0.297 e. The van der Waals surface area contributed by atoms with Gasteiger partial charge in [-0.1, -0.05) is 90.5 Å². The van der Waals surface area contributed by atoms with E-state index in [2.05, 4.69) is 30.3 Å². The molecular weight excluding hydrogens is 470 g/mol. The van der Waals surface area contributed by atoms with Crippen LogP contribution in [0.4, 0.5) is 0 Å². The van der Waals surface area contributed by atoms with Gasteiger partial charge in [-0.3, -0.25) is 4.18 Å². The second-order valence-electron chi connectivity index (χ2n) is 8.84. The Kier molecular flexibility index (Phi) is 6.74. The minimum absolute atomic E-state index is 0.0653. The van der Waals surface area contributed by atoms with Crippen LogP contribution < -0.4 is 0 Å². The van der Waals surface area contributed by atoms with Crippen molar-refractivity contribution < 1.29 is 17.7 Å². The fourth-order valence-corrected chi connectivity index (χ4v) is 5.37. The molecule has 2 atom stereocenters. The number of hydrogen-bond donors (Lipinski definition) is 1. The van der Waals surface area contributed by atoms with Gasteiger partial charge in [0.1, 0.15) is 6.10 Å². The van der Waals surface area contributed by atoms with Crippen LogP contribution in [0.1, 0.15) is 17.2 Å². The summed E-state index contributed by atoms with van der Waals surface area (Å²) in [6.45, 7) is 1.50. The summed E-state index contributed by atoms with van der Waals surface area (Å²) < 4.78 is 32.9. The smallest absolute Gasteiger partial charge is 0.297 e. The molecule has 2 unspecified atom stereocenters. The number of nitrogens with zero attached hydrogens (tertiary/aromatic N) is 1. The topological polar surface area (TPSA) is 68.5 Å². The molecule has 6 heteroatoms. The van der Waals surface area contributed by atoms with Crippen LogP contribution in [0.15, 0.2) is 120 Å². The number of rotatable bonds is 8. The van der Waals surface area contributed by atoms with Gasteiger partial charge in [0.15, 0.2) is 0 Å². The highest BCUT2D eigenvalue weighted by molar-refractivity contribution is 7.86. The van der Waals surface area contributed by atoms with Crippen LogP contribution in [0.5, 0.6) is 0 Å². The Morgan fingerprint density at radius 2 is 1.47 bits per heavy atom. The van der Waals surface area contributed by atoms with E-state index in [0.717, 1.165) is 33.2 Å². The molecule has 5 rings (SSSR count). The van der Waals surface area contributed by atoms with E-state index >= 15 is 0 Å². The molecule has 0 aliphatic carbocycles. The van der Waals surface area contributed by atoms with Crippen LogP contribution in [0.2, 0.25) is 0 Å². The molecule has 36 heavy (non-hydrogen) atoms. The third kappa shape index (κ3) is 4.97. The summed E-state index contributed by atoms with van der Waals surface area (Å²) in [5.41, 5.74) is 4.89. The van der Waals surface area contributed by atoms with Gasteiger partial charge in [-0.15, -0.1) is 0 Å². The number of aliphatic hydroxyl groups is 1. The molecule has 0 saturated heterocycles. The molecule has 1 N–H and O–H groups in total. The van der Waals surface area contributed by atoms with E-state index in [1.54, 1.807) is 12.1 Å². The van der Waals surface area contributed by atoms with Crippen molar-refractivity contribution in [3.8, 4) is 11.1 Å². The maximum absolute atomic E-state index is 12.8. The third-order valence-corrected chi connectivity index (χ3v) is 7.64. The van der Waals surface area contributed by atoms with E-state index in [4.69, 9.17) is 4.18 Å². The highest BCUT2D eigenvalue weighted by atomic mass is 32.2. The molecule has 4 aromatic carbocycles. The van der Waals surface area contributed by atoms with E-state index in [1.807, 2.05) is 72.3 Å². The molecule has 0 radical (unpaired) electrons. The fraction of sp³-hybridized carbons (Fsp3) is 0.133. The van der Waals surface area contributed by atoms with E-state index in [9.17, 15) is 13.5 Å². The number of fused-ring (bicyclic) bond motifs is 1. The molecule has 182 valence electrons. The van der Waals surface area contributed by atoms with E-state index in [-0.39, 0.29) is 11.5 Å². The van der Waals surface area contributed by atoms with Crippen molar-refractivity contribution in [3.05, 3.63) is 127 Å². The standard InChI is InChI=1S/C30H27NO4S/c1-22-12-16-27(17-13-22)36(33,34)35-21-29(32)30(25-10-6-3-7-11-25)31-19-18-24-14-15-26(20-28(24)31)23-8-4-2-5-9-23/h2-20,29-30,32H,21H2,1H3. The summed E-state index contributed by atoms with van der Waals surface area (Å²) in [6, 6.07) is 33.8. The first-order chi connectivity index (χ1) is 17.4. The Bertz CT molecular complexity index is 1560. The van der Waals surface area contributed by atoms with Crippen LogP contribution in [0.3, 0.4) is 0 Å². The van der Waals surface area contributed by atoms with Gasteiger partial charge in [-0.05, 0) is 53.3 Å². The second kappa shape index (κ2) is 10.1. The minimum atomic E-state index is -4.01. The maximum atomic E-state index is 12.8. The van der Waals surface area contributed by atoms with Crippen LogP contribution in [0, 0.1) is 6.92 Å². The summed E-state index contributed by atoms with van der Waals surface area (Å²) in [5, 5.41) is 12.3. The molecule has 0 bridgehead atoms.